The SMILES string of the molecule is COc1cc(C(=O)NC2CCC(C)CC2)cc(Br)c1O. The molecule has 2 rings (SSSR count). The van der Waals surface area contributed by atoms with Gasteiger partial charge in [0.05, 0.1) is 11.6 Å². The molecule has 1 aromatic carbocycles. The van der Waals surface area contributed by atoms with Crippen LogP contribution in [-0.2, 0) is 0 Å². The second kappa shape index (κ2) is 6.48. The highest BCUT2D eigenvalue weighted by atomic mass is 79.9. The van der Waals surface area contributed by atoms with Crippen LogP contribution in [0.15, 0.2) is 16.6 Å². The van der Waals surface area contributed by atoms with E-state index in [1.807, 2.05) is 0 Å². The second-order valence-electron chi connectivity index (χ2n) is 5.44. The van der Waals surface area contributed by atoms with Crippen LogP contribution in [0.3, 0.4) is 0 Å². The van der Waals surface area contributed by atoms with Crippen molar-refractivity contribution in [2.24, 2.45) is 5.92 Å². The number of amides is 1. The van der Waals surface area contributed by atoms with Gasteiger partial charge in [-0.1, -0.05) is 6.92 Å². The zero-order valence-electron chi connectivity index (χ0n) is 11.8. The van der Waals surface area contributed by atoms with E-state index in [2.05, 4.69) is 28.2 Å². The van der Waals surface area contributed by atoms with E-state index in [1.54, 1.807) is 12.1 Å². The maximum atomic E-state index is 12.3. The molecule has 0 aromatic heterocycles. The average Bonchev–Trinajstić information content (AvgIpc) is 2.44. The fraction of sp³-hybridized carbons (Fsp3) is 0.533. The van der Waals surface area contributed by atoms with Gasteiger partial charge in [-0.05, 0) is 59.7 Å². The molecule has 1 aliphatic rings. The van der Waals surface area contributed by atoms with Crippen molar-refractivity contribution in [2.45, 2.75) is 38.6 Å². The minimum Gasteiger partial charge on any atom is -0.503 e. The van der Waals surface area contributed by atoms with E-state index in [4.69, 9.17) is 4.74 Å². The van der Waals surface area contributed by atoms with E-state index >= 15 is 0 Å². The molecule has 1 amide bonds. The zero-order valence-corrected chi connectivity index (χ0v) is 13.4. The minimum absolute atomic E-state index is 0.00976. The van der Waals surface area contributed by atoms with Gasteiger partial charge in [0.15, 0.2) is 11.5 Å². The minimum atomic E-state index is -0.122. The molecule has 1 fully saturated rings. The molecular weight excluding hydrogens is 322 g/mol. The molecule has 0 spiro atoms. The fourth-order valence-corrected chi connectivity index (χ4v) is 2.98. The van der Waals surface area contributed by atoms with Crippen molar-refractivity contribution in [1.82, 2.24) is 5.32 Å². The van der Waals surface area contributed by atoms with Gasteiger partial charge < -0.3 is 15.2 Å². The molecule has 0 heterocycles. The molecule has 20 heavy (non-hydrogen) atoms. The summed E-state index contributed by atoms with van der Waals surface area (Å²) in [6.07, 6.45) is 4.38. The number of benzene rings is 1. The monoisotopic (exact) mass is 341 g/mol. The van der Waals surface area contributed by atoms with Crippen LogP contribution in [0, 0.1) is 5.92 Å². The predicted molar refractivity (Wildman–Crippen MR) is 81.2 cm³/mol. The van der Waals surface area contributed by atoms with Crippen LogP contribution in [0.4, 0.5) is 0 Å². The summed E-state index contributed by atoms with van der Waals surface area (Å²) in [5.74, 6) is 0.937. The normalized spacial score (nSPS) is 22.4. The van der Waals surface area contributed by atoms with Crippen molar-refractivity contribution >= 4 is 21.8 Å². The van der Waals surface area contributed by atoms with Gasteiger partial charge in [0, 0.05) is 11.6 Å². The summed E-state index contributed by atoms with van der Waals surface area (Å²) in [7, 11) is 1.46. The largest absolute Gasteiger partial charge is 0.503 e. The number of aromatic hydroxyl groups is 1. The average molecular weight is 342 g/mol. The number of halogens is 1. The van der Waals surface area contributed by atoms with Gasteiger partial charge in [-0.3, -0.25) is 4.79 Å². The third-order valence-electron chi connectivity index (χ3n) is 3.86. The van der Waals surface area contributed by atoms with E-state index in [1.165, 1.54) is 7.11 Å². The predicted octanol–water partition coefficient (Wildman–Crippen LogP) is 3.47. The standard InChI is InChI=1S/C15H20BrNO3/c1-9-3-5-11(6-4-9)17-15(19)10-7-12(16)14(18)13(8-10)20-2/h7-9,11,18H,3-6H2,1-2H3,(H,17,19). The quantitative estimate of drug-likeness (QED) is 0.884. The molecule has 0 bridgehead atoms. The summed E-state index contributed by atoms with van der Waals surface area (Å²) in [5, 5.41) is 12.8. The van der Waals surface area contributed by atoms with Crippen molar-refractivity contribution in [3.05, 3.63) is 22.2 Å². The third kappa shape index (κ3) is 3.45. The maximum absolute atomic E-state index is 12.3. The number of phenolic OH excluding ortho intramolecular Hbond substituents is 1. The lowest BCUT2D eigenvalue weighted by Gasteiger charge is -2.27. The van der Waals surface area contributed by atoms with Crippen molar-refractivity contribution in [3.8, 4) is 11.5 Å². The molecule has 1 saturated carbocycles. The van der Waals surface area contributed by atoms with Crippen LogP contribution in [0.2, 0.25) is 0 Å². The smallest absolute Gasteiger partial charge is 0.251 e. The summed E-state index contributed by atoms with van der Waals surface area (Å²) >= 11 is 3.23. The van der Waals surface area contributed by atoms with Gasteiger partial charge in [0.25, 0.3) is 5.91 Å². The number of phenols is 1. The first-order valence-electron chi connectivity index (χ1n) is 6.88. The summed E-state index contributed by atoms with van der Waals surface area (Å²) in [4.78, 5) is 12.3. The van der Waals surface area contributed by atoms with E-state index in [0.717, 1.165) is 31.6 Å². The number of rotatable bonds is 3. The Morgan fingerprint density at radius 3 is 2.60 bits per heavy atom. The Bertz CT molecular complexity index is 496. The molecule has 2 N–H and O–H groups in total. The van der Waals surface area contributed by atoms with Crippen molar-refractivity contribution in [3.63, 3.8) is 0 Å². The topological polar surface area (TPSA) is 58.6 Å². The van der Waals surface area contributed by atoms with Gasteiger partial charge in [0.2, 0.25) is 0 Å². The number of hydrogen-bond donors (Lipinski definition) is 2. The summed E-state index contributed by atoms with van der Waals surface area (Å²) < 4.78 is 5.52. The van der Waals surface area contributed by atoms with Crippen LogP contribution in [0.25, 0.3) is 0 Å². The lowest BCUT2D eigenvalue weighted by molar-refractivity contribution is 0.0922. The molecular formula is C15H20BrNO3. The highest BCUT2D eigenvalue weighted by Gasteiger charge is 2.21. The summed E-state index contributed by atoms with van der Waals surface area (Å²) in [5.41, 5.74) is 0.491. The van der Waals surface area contributed by atoms with Crippen LogP contribution in [-0.4, -0.2) is 24.2 Å². The lowest BCUT2D eigenvalue weighted by atomic mass is 9.87. The van der Waals surface area contributed by atoms with Gasteiger partial charge in [0.1, 0.15) is 0 Å². The van der Waals surface area contributed by atoms with Crippen molar-refractivity contribution < 1.29 is 14.6 Å². The maximum Gasteiger partial charge on any atom is 0.251 e. The van der Waals surface area contributed by atoms with Gasteiger partial charge in [-0.15, -0.1) is 0 Å². The molecule has 0 saturated heterocycles. The van der Waals surface area contributed by atoms with Gasteiger partial charge in [-0.25, -0.2) is 0 Å². The Hall–Kier alpha value is -1.23. The zero-order chi connectivity index (χ0) is 14.7. The molecule has 5 heteroatoms. The third-order valence-corrected chi connectivity index (χ3v) is 4.47. The first-order chi connectivity index (χ1) is 9.51. The Balaban J connectivity index is 2.07. The number of carbonyl (C=O) groups is 1. The Labute approximate surface area is 127 Å². The van der Waals surface area contributed by atoms with E-state index in [9.17, 15) is 9.90 Å². The molecule has 4 nitrogen and oxygen atoms in total. The van der Waals surface area contributed by atoms with Crippen LogP contribution >= 0.6 is 15.9 Å². The molecule has 1 aliphatic carbocycles. The number of hydrogen-bond acceptors (Lipinski definition) is 3. The first kappa shape index (κ1) is 15.2. The van der Waals surface area contributed by atoms with Crippen molar-refractivity contribution in [2.75, 3.05) is 7.11 Å². The second-order valence-corrected chi connectivity index (χ2v) is 6.29. The van der Waals surface area contributed by atoms with Crippen LogP contribution < -0.4 is 10.1 Å². The van der Waals surface area contributed by atoms with Gasteiger partial charge >= 0.3 is 0 Å². The summed E-state index contributed by atoms with van der Waals surface area (Å²) in [6.45, 7) is 2.25. The Kier molecular flexibility index (Phi) is 4.91. The summed E-state index contributed by atoms with van der Waals surface area (Å²) in [6, 6.07) is 3.41. The molecule has 0 aliphatic heterocycles. The highest BCUT2D eigenvalue weighted by molar-refractivity contribution is 9.10. The molecule has 0 atom stereocenters. The fourth-order valence-electron chi connectivity index (χ4n) is 2.53. The van der Waals surface area contributed by atoms with Gasteiger partial charge in [-0.2, -0.15) is 0 Å². The number of carbonyl (C=O) groups excluding carboxylic acids is 1. The number of methoxy groups -OCH3 is 1. The van der Waals surface area contributed by atoms with Crippen LogP contribution in [0.1, 0.15) is 43.0 Å². The van der Waals surface area contributed by atoms with E-state index in [-0.39, 0.29) is 17.7 Å². The Morgan fingerprint density at radius 1 is 1.35 bits per heavy atom. The van der Waals surface area contributed by atoms with E-state index in [0.29, 0.717) is 15.8 Å². The first-order valence-corrected chi connectivity index (χ1v) is 7.68. The van der Waals surface area contributed by atoms with Crippen LogP contribution in [0.5, 0.6) is 11.5 Å². The van der Waals surface area contributed by atoms with E-state index < -0.39 is 0 Å². The lowest BCUT2D eigenvalue weighted by Crippen LogP contribution is -2.37. The van der Waals surface area contributed by atoms with Crippen molar-refractivity contribution in [1.29, 1.82) is 0 Å². The number of ether oxygens (including phenoxy) is 1. The number of nitrogens with one attached hydrogen (secondary N) is 1. The molecule has 0 unspecified atom stereocenters. The highest BCUT2D eigenvalue weighted by Crippen LogP contribution is 2.35. The Morgan fingerprint density at radius 2 is 2.00 bits per heavy atom. The molecule has 0 radical (unpaired) electrons. The molecule has 110 valence electrons. The molecule has 1 aromatic rings.